The van der Waals surface area contributed by atoms with Crippen molar-refractivity contribution >= 4 is 28.4 Å². The number of carbonyl (C=O) groups excluding carboxylic acids is 1. The first-order chi connectivity index (χ1) is 8.32. The van der Waals surface area contributed by atoms with Gasteiger partial charge in [0.1, 0.15) is 0 Å². The van der Waals surface area contributed by atoms with Crippen LogP contribution in [0.15, 0.2) is 22.6 Å². The smallest absolute Gasteiger partial charge is 0.203 e. The summed E-state index contributed by atoms with van der Waals surface area (Å²) in [5.74, 6) is 0.820. The van der Waals surface area contributed by atoms with Crippen LogP contribution in [0.5, 0.6) is 5.75 Å². The van der Waals surface area contributed by atoms with E-state index in [4.69, 9.17) is 20.8 Å². The molecule has 0 aliphatic carbocycles. The molecular formula is C14H15ClO3. The van der Waals surface area contributed by atoms with Gasteiger partial charge in [-0.1, -0.05) is 32.4 Å². The Kier molecular flexibility index (Phi) is 3.11. The van der Waals surface area contributed by atoms with Crippen LogP contribution in [0.1, 0.15) is 31.3 Å². The molecule has 0 aliphatic heterocycles. The molecule has 0 radical (unpaired) electrons. The Labute approximate surface area is 111 Å². The van der Waals surface area contributed by atoms with Crippen LogP contribution in [0.25, 0.3) is 11.0 Å². The van der Waals surface area contributed by atoms with Gasteiger partial charge in [0.2, 0.25) is 5.78 Å². The number of Topliss-reactive ketones (excluding diaryl/α,β-unsaturated/α-hetero) is 1. The minimum atomic E-state index is -0.481. The van der Waals surface area contributed by atoms with Crippen LogP contribution in [0.3, 0.4) is 0 Å². The molecule has 0 spiro atoms. The van der Waals surface area contributed by atoms with Crippen LogP contribution in [-0.4, -0.2) is 12.9 Å². The maximum absolute atomic E-state index is 12.2. The molecule has 0 fully saturated rings. The first-order valence-corrected chi connectivity index (χ1v) is 6.02. The number of ketones is 1. The fourth-order valence-corrected chi connectivity index (χ4v) is 1.94. The third-order valence-electron chi connectivity index (χ3n) is 2.67. The average molecular weight is 267 g/mol. The van der Waals surface area contributed by atoms with Gasteiger partial charge >= 0.3 is 0 Å². The summed E-state index contributed by atoms with van der Waals surface area (Å²) in [7, 11) is 1.54. The second kappa shape index (κ2) is 4.32. The fourth-order valence-electron chi connectivity index (χ4n) is 1.72. The summed E-state index contributed by atoms with van der Waals surface area (Å²) < 4.78 is 10.8. The van der Waals surface area contributed by atoms with E-state index < -0.39 is 5.41 Å². The highest BCUT2D eigenvalue weighted by Crippen LogP contribution is 2.34. The quantitative estimate of drug-likeness (QED) is 0.760. The molecular weight excluding hydrogens is 252 g/mol. The van der Waals surface area contributed by atoms with Crippen LogP contribution < -0.4 is 4.74 Å². The zero-order valence-corrected chi connectivity index (χ0v) is 11.6. The van der Waals surface area contributed by atoms with Crippen molar-refractivity contribution < 1.29 is 13.9 Å². The number of benzene rings is 1. The molecule has 18 heavy (non-hydrogen) atoms. The number of fused-ring (bicyclic) bond motifs is 1. The van der Waals surface area contributed by atoms with Gasteiger partial charge in [-0.3, -0.25) is 4.79 Å². The molecule has 1 aromatic heterocycles. The summed E-state index contributed by atoms with van der Waals surface area (Å²) in [6.07, 6.45) is 0. The van der Waals surface area contributed by atoms with Crippen LogP contribution in [0, 0.1) is 5.41 Å². The number of rotatable bonds is 2. The van der Waals surface area contributed by atoms with Crippen LogP contribution in [-0.2, 0) is 0 Å². The molecule has 2 aromatic rings. The lowest BCUT2D eigenvalue weighted by Crippen LogP contribution is -2.19. The maximum atomic E-state index is 12.2. The number of ether oxygens (including phenoxy) is 1. The van der Waals surface area contributed by atoms with E-state index in [1.54, 1.807) is 25.3 Å². The summed E-state index contributed by atoms with van der Waals surface area (Å²) in [5, 5.41) is 1.32. The number of halogens is 1. The number of furan rings is 1. The molecule has 0 saturated carbocycles. The van der Waals surface area contributed by atoms with Crippen molar-refractivity contribution in [3.63, 3.8) is 0 Å². The maximum Gasteiger partial charge on any atom is 0.203 e. The van der Waals surface area contributed by atoms with E-state index in [0.717, 1.165) is 5.39 Å². The average Bonchev–Trinajstić information content (AvgIpc) is 2.68. The van der Waals surface area contributed by atoms with E-state index in [1.807, 2.05) is 20.8 Å². The zero-order valence-electron chi connectivity index (χ0n) is 10.8. The molecule has 3 nitrogen and oxygen atoms in total. The first kappa shape index (κ1) is 13.0. The summed E-state index contributed by atoms with van der Waals surface area (Å²) in [6.45, 7) is 5.56. The Balaban J connectivity index is 2.61. The Morgan fingerprint density at radius 1 is 1.28 bits per heavy atom. The van der Waals surface area contributed by atoms with E-state index in [-0.39, 0.29) is 5.78 Å². The number of hydrogen-bond donors (Lipinski definition) is 0. The minimum Gasteiger partial charge on any atom is -0.493 e. The standard InChI is InChI=1S/C14H15ClO3/c1-14(2,3)13(16)11-6-8-5-9(15)7-10(17-4)12(8)18-11/h5-7H,1-4H3. The molecule has 2 rings (SSSR count). The number of methoxy groups -OCH3 is 1. The van der Waals surface area contributed by atoms with Gasteiger partial charge in [-0.2, -0.15) is 0 Å². The Hall–Kier alpha value is -1.48. The minimum absolute atomic E-state index is 0.0446. The molecule has 0 unspecified atom stereocenters. The van der Waals surface area contributed by atoms with Crippen molar-refractivity contribution in [2.75, 3.05) is 7.11 Å². The molecule has 0 N–H and O–H groups in total. The normalized spacial score (nSPS) is 11.8. The van der Waals surface area contributed by atoms with Gasteiger partial charge in [-0.15, -0.1) is 0 Å². The van der Waals surface area contributed by atoms with Crippen molar-refractivity contribution in [2.24, 2.45) is 5.41 Å². The lowest BCUT2D eigenvalue weighted by Gasteiger charge is -2.13. The van der Waals surface area contributed by atoms with Crippen molar-refractivity contribution in [3.05, 3.63) is 29.0 Å². The molecule has 0 atom stereocenters. The largest absolute Gasteiger partial charge is 0.493 e. The van der Waals surface area contributed by atoms with Gasteiger partial charge in [0.15, 0.2) is 17.1 Å². The first-order valence-electron chi connectivity index (χ1n) is 5.65. The van der Waals surface area contributed by atoms with E-state index in [2.05, 4.69) is 0 Å². The fraction of sp³-hybridized carbons (Fsp3) is 0.357. The predicted molar refractivity (Wildman–Crippen MR) is 71.6 cm³/mol. The molecule has 4 heteroatoms. The van der Waals surface area contributed by atoms with Gasteiger partial charge < -0.3 is 9.15 Å². The highest BCUT2D eigenvalue weighted by Gasteiger charge is 2.26. The van der Waals surface area contributed by atoms with E-state index in [1.165, 1.54) is 0 Å². The topological polar surface area (TPSA) is 39.4 Å². The van der Waals surface area contributed by atoms with Gasteiger partial charge in [0.25, 0.3) is 0 Å². The van der Waals surface area contributed by atoms with Crippen LogP contribution >= 0.6 is 11.6 Å². The Morgan fingerprint density at radius 2 is 1.94 bits per heavy atom. The molecule has 0 aliphatic rings. The molecule has 96 valence electrons. The zero-order chi connectivity index (χ0) is 13.5. The van der Waals surface area contributed by atoms with Gasteiger partial charge in [0.05, 0.1) is 7.11 Å². The Morgan fingerprint density at radius 3 is 2.50 bits per heavy atom. The molecule has 1 aromatic carbocycles. The van der Waals surface area contributed by atoms with Crippen LogP contribution in [0.4, 0.5) is 0 Å². The summed E-state index contributed by atoms with van der Waals surface area (Å²) >= 11 is 5.97. The van der Waals surface area contributed by atoms with Gasteiger partial charge in [-0.05, 0) is 12.1 Å². The van der Waals surface area contributed by atoms with Crippen molar-refractivity contribution in [1.82, 2.24) is 0 Å². The molecule has 0 amide bonds. The monoisotopic (exact) mass is 266 g/mol. The second-order valence-corrected chi connectivity index (χ2v) is 5.65. The van der Waals surface area contributed by atoms with E-state index in [9.17, 15) is 4.79 Å². The third-order valence-corrected chi connectivity index (χ3v) is 2.89. The summed E-state index contributed by atoms with van der Waals surface area (Å²) in [4.78, 5) is 12.2. The van der Waals surface area contributed by atoms with Crippen molar-refractivity contribution in [3.8, 4) is 5.75 Å². The van der Waals surface area contributed by atoms with Crippen LogP contribution in [0.2, 0.25) is 5.02 Å². The molecule has 0 bridgehead atoms. The molecule has 0 saturated heterocycles. The van der Waals surface area contributed by atoms with Crippen molar-refractivity contribution in [2.45, 2.75) is 20.8 Å². The van der Waals surface area contributed by atoms with Crippen molar-refractivity contribution in [1.29, 1.82) is 0 Å². The number of carbonyl (C=O) groups is 1. The summed E-state index contributed by atoms with van der Waals surface area (Å²) in [6, 6.07) is 5.12. The third kappa shape index (κ3) is 2.23. The van der Waals surface area contributed by atoms with E-state index in [0.29, 0.717) is 22.1 Å². The summed E-state index contributed by atoms with van der Waals surface area (Å²) in [5.41, 5.74) is 0.0692. The highest BCUT2D eigenvalue weighted by molar-refractivity contribution is 6.31. The predicted octanol–water partition coefficient (Wildman–Crippen LogP) is 4.32. The highest BCUT2D eigenvalue weighted by atomic mass is 35.5. The lowest BCUT2D eigenvalue weighted by molar-refractivity contribution is 0.0830. The van der Waals surface area contributed by atoms with Gasteiger partial charge in [0, 0.05) is 21.9 Å². The number of hydrogen-bond acceptors (Lipinski definition) is 3. The Bertz CT molecular complexity index is 605. The SMILES string of the molecule is COc1cc(Cl)cc2cc(C(=O)C(C)(C)C)oc12. The van der Waals surface area contributed by atoms with Gasteiger partial charge in [-0.25, -0.2) is 0 Å². The van der Waals surface area contributed by atoms with E-state index >= 15 is 0 Å². The molecule has 1 heterocycles. The lowest BCUT2D eigenvalue weighted by atomic mass is 9.89. The second-order valence-electron chi connectivity index (χ2n) is 5.22.